The first-order valence-electron chi connectivity index (χ1n) is 11.1. The standard InChI is InChI=1S/C26H27N3O5S.ClH/c1-4-15-35(31,32)34-22-13-11-20(12-14-22)26(24(30)29(2)25(27)28-26)21-9-5-7-18(16-21)19-8-6-10-23(17-19)33-3;/h5-14,16-17H,4,15H2,1-3H3,(H2,27,28);1H. The summed E-state index contributed by atoms with van der Waals surface area (Å²) in [7, 11) is -0.507. The van der Waals surface area contributed by atoms with Gasteiger partial charge in [0.2, 0.25) is 0 Å². The number of carbonyl (C=O) groups is 1. The predicted octanol–water partition coefficient (Wildman–Crippen LogP) is 3.93. The Labute approximate surface area is 217 Å². The van der Waals surface area contributed by atoms with Gasteiger partial charge in [0, 0.05) is 7.05 Å². The average molecular weight is 530 g/mol. The minimum Gasteiger partial charge on any atom is -0.497 e. The molecule has 3 aromatic carbocycles. The molecule has 2 N–H and O–H groups in total. The topological polar surface area (TPSA) is 111 Å². The number of nitrogens with zero attached hydrogens (tertiary/aromatic N) is 2. The van der Waals surface area contributed by atoms with Gasteiger partial charge in [-0.25, -0.2) is 4.99 Å². The number of rotatable bonds is 8. The summed E-state index contributed by atoms with van der Waals surface area (Å²) in [6, 6.07) is 21.5. The molecule has 1 amide bonds. The maximum absolute atomic E-state index is 13.6. The smallest absolute Gasteiger partial charge is 0.309 e. The number of benzene rings is 3. The van der Waals surface area contributed by atoms with E-state index in [1.54, 1.807) is 33.2 Å². The number of methoxy groups -OCH3 is 1. The van der Waals surface area contributed by atoms with Gasteiger partial charge in [-0.05, 0) is 59.0 Å². The Balaban J connectivity index is 0.00000361. The highest BCUT2D eigenvalue weighted by Crippen LogP contribution is 2.41. The number of aliphatic imine (C=N–C) groups is 1. The molecule has 3 aromatic rings. The molecule has 1 aliphatic rings. The van der Waals surface area contributed by atoms with E-state index in [1.165, 1.54) is 17.0 Å². The van der Waals surface area contributed by atoms with Gasteiger partial charge in [-0.15, -0.1) is 12.4 Å². The van der Waals surface area contributed by atoms with E-state index in [9.17, 15) is 13.2 Å². The van der Waals surface area contributed by atoms with Crippen molar-refractivity contribution in [3.8, 4) is 22.6 Å². The lowest BCUT2D eigenvalue weighted by Gasteiger charge is -2.26. The fraction of sp³-hybridized carbons (Fsp3) is 0.231. The van der Waals surface area contributed by atoms with Gasteiger partial charge in [0.05, 0.1) is 12.9 Å². The molecular formula is C26H28ClN3O5S. The van der Waals surface area contributed by atoms with Crippen LogP contribution in [0.2, 0.25) is 0 Å². The Morgan fingerprint density at radius 2 is 1.58 bits per heavy atom. The molecule has 1 heterocycles. The molecule has 0 radical (unpaired) electrons. The lowest BCUT2D eigenvalue weighted by Crippen LogP contribution is -2.41. The number of hydrogen-bond donors (Lipinski definition) is 1. The lowest BCUT2D eigenvalue weighted by atomic mass is 9.81. The molecule has 36 heavy (non-hydrogen) atoms. The number of halogens is 1. The average Bonchev–Trinajstić information content (AvgIpc) is 3.09. The highest BCUT2D eigenvalue weighted by atomic mass is 35.5. The number of guanidine groups is 1. The van der Waals surface area contributed by atoms with Crippen molar-refractivity contribution in [3.63, 3.8) is 0 Å². The first kappa shape index (κ1) is 27.0. The summed E-state index contributed by atoms with van der Waals surface area (Å²) in [4.78, 5) is 19.5. The van der Waals surface area contributed by atoms with Crippen molar-refractivity contribution in [2.45, 2.75) is 18.9 Å². The predicted molar refractivity (Wildman–Crippen MR) is 142 cm³/mol. The van der Waals surface area contributed by atoms with Gasteiger partial charge >= 0.3 is 10.1 Å². The zero-order valence-electron chi connectivity index (χ0n) is 20.2. The normalized spacial score (nSPS) is 17.4. The van der Waals surface area contributed by atoms with Crippen LogP contribution >= 0.6 is 12.4 Å². The zero-order valence-corrected chi connectivity index (χ0v) is 21.8. The molecular weight excluding hydrogens is 502 g/mol. The van der Waals surface area contributed by atoms with Gasteiger partial charge in [0.15, 0.2) is 11.5 Å². The molecule has 8 nitrogen and oxygen atoms in total. The van der Waals surface area contributed by atoms with Gasteiger partial charge in [0.1, 0.15) is 11.5 Å². The third kappa shape index (κ3) is 5.03. The van der Waals surface area contributed by atoms with E-state index in [-0.39, 0.29) is 35.8 Å². The van der Waals surface area contributed by atoms with E-state index in [1.807, 2.05) is 48.5 Å². The maximum atomic E-state index is 13.6. The Kier molecular flexibility index (Phi) is 7.96. The Bertz CT molecular complexity index is 1390. The molecule has 1 aliphatic heterocycles. The van der Waals surface area contributed by atoms with Crippen molar-refractivity contribution in [1.29, 1.82) is 0 Å². The van der Waals surface area contributed by atoms with E-state index >= 15 is 0 Å². The van der Waals surface area contributed by atoms with Gasteiger partial charge in [0.25, 0.3) is 5.91 Å². The summed E-state index contributed by atoms with van der Waals surface area (Å²) in [6.45, 7) is 1.76. The van der Waals surface area contributed by atoms with Crippen LogP contribution in [0.4, 0.5) is 0 Å². The second-order valence-corrected chi connectivity index (χ2v) is 9.92. The molecule has 0 saturated heterocycles. The quantitative estimate of drug-likeness (QED) is 0.442. The molecule has 4 rings (SSSR count). The first-order chi connectivity index (χ1) is 16.7. The van der Waals surface area contributed by atoms with Gasteiger partial charge in [-0.1, -0.05) is 49.4 Å². The van der Waals surface area contributed by atoms with E-state index in [4.69, 9.17) is 14.7 Å². The maximum Gasteiger partial charge on any atom is 0.309 e. The number of nitrogens with two attached hydrogens (primary N) is 1. The van der Waals surface area contributed by atoms with Crippen LogP contribution in [0, 0.1) is 0 Å². The number of carbonyl (C=O) groups excluding carboxylic acids is 1. The SMILES string of the molecule is CCCS(=O)(=O)Oc1ccc(C2(c3cccc(-c4cccc(OC)c4)c3)N=C(N)N(C)C2=O)cc1.Cl. The summed E-state index contributed by atoms with van der Waals surface area (Å²) < 4.78 is 34.6. The molecule has 0 saturated carbocycles. The minimum atomic E-state index is -3.69. The van der Waals surface area contributed by atoms with E-state index < -0.39 is 15.7 Å². The number of amides is 1. The zero-order chi connectivity index (χ0) is 25.2. The minimum absolute atomic E-state index is 0. The highest BCUT2D eigenvalue weighted by molar-refractivity contribution is 7.87. The number of likely N-dealkylation sites (N-methyl/N-ethyl adjacent to an activating group) is 1. The van der Waals surface area contributed by atoms with Crippen LogP contribution in [0.3, 0.4) is 0 Å². The molecule has 190 valence electrons. The molecule has 10 heteroatoms. The number of ether oxygens (including phenoxy) is 1. The van der Waals surface area contributed by atoms with Crippen LogP contribution in [0.15, 0.2) is 77.8 Å². The van der Waals surface area contributed by atoms with Gasteiger partial charge < -0.3 is 14.7 Å². The summed E-state index contributed by atoms with van der Waals surface area (Å²) in [5, 5.41) is 0. The number of hydrogen-bond acceptors (Lipinski definition) is 7. The van der Waals surface area contributed by atoms with Crippen molar-refractivity contribution < 1.29 is 22.1 Å². The third-order valence-electron chi connectivity index (χ3n) is 5.87. The van der Waals surface area contributed by atoms with E-state index in [0.717, 1.165) is 16.9 Å². The van der Waals surface area contributed by atoms with Gasteiger partial charge in [-0.2, -0.15) is 8.42 Å². The van der Waals surface area contributed by atoms with Crippen LogP contribution < -0.4 is 14.7 Å². The second kappa shape index (κ2) is 10.6. The van der Waals surface area contributed by atoms with Crippen LogP contribution in [0.1, 0.15) is 24.5 Å². The largest absolute Gasteiger partial charge is 0.497 e. The lowest BCUT2D eigenvalue weighted by molar-refractivity contribution is -0.129. The molecule has 1 atom stereocenters. The Hall–Kier alpha value is -3.56. The third-order valence-corrected chi connectivity index (χ3v) is 7.23. The van der Waals surface area contributed by atoms with Crippen LogP contribution in [-0.4, -0.2) is 45.1 Å². The Morgan fingerprint density at radius 1 is 0.944 bits per heavy atom. The van der Waals surface area contributed by atoms with Crippen molar-refractivity contribution >= 4 is 34.4 Å². The molecule has 0 bridgehead atoms. The van der Waals surface area contributed by atoms with Crippen LogP contribution in [0.25, 0.3) is 11.1 Å². The molecule has 1 unspecified atom stereocenters. The monoisotopic (exact) mass is 529 g/mol. The van der Waals surface area contributed by atoms with Crippen LogP contribution in [0.5, 0.6) is 11.5 Å². The molecule has 0 spiro atoms. The Morgan fingerprint density at radius 3 is 2.17 bits per heavy atom. The van der Waals surface area contributed by atoms with Crippen molar-refractivity contribution in [2.24, 2.45) is 10.7 Å². The molecule has 0 aliphatic carbocycles. The van der Waals surface area contributed by atoms with E-state index in [0.29, 0.717) is 17.5 Å². The summed E-state index contributed by atoms with van der Waals surface area (Å²) in [5.74, 6) is 0.575. The molecule has 0 fully saturated rings. The van der Waals surface area contributed by atoms with E-state index in [2.05, 4.69) is 4.99 Å². The fourth-order valence-corrected chi connectivity index (χ4v) is 5.09. The van der Waals surface area contributed by atoms with Gasteiger partial charge in [-0.3, -0.25) is 9.69 Å². The summed E-state index contributed by atoms with van der Waals surface area (Å²) in [6.07, 6.45) is 0.446. The summed E-state index contributed by atoms with van der Waals surface area (Å²) in [5.41, 5.74) is 7.63. The first-order valence-corrected chi connectivity index (χ1v) is 12.7. The molecule has 0 aromatic heterocycles. The van der Waals surface area contributed by atoms with Crippen molar-refractivity contribution in [1.82, 2.24) is 4.90 Å². The van der Waals surface area contributed by atoms with Crippen molar-refractivity contribution in [3.05, 3.63) is 83.9 Å². The summed E-state index contributed by atoms with van der Waals surface area (Å²) >= 11 is 0. The second-order valence-electron chi connectivity index (χ2n) is 8.23. The van der Waals surface area contributed by atoms with Crippen LogP contribution in [-0.2, 0) is 20.5 Å². The fourth-order valence-electron chi connectivity index (χ4n) is 4.10. The van der Waals surface area contributed by atoms with Crippen molar-refractivity contribution in [2.75, 3.05) is 19.9 Å². The highest BCUT2D eigenvalue weighted by Gasteiger charge is 2.49.